The predicted octanol–water partition coefficient (Wildman–Crippen LogP) is -1.45. The third kappa shape index (κ3) is 5.15. The standard InChI is InChI=1S/C7H14N2O4/c1-13-5(7(11)12)4-9-6(10)2-3-8/h5H,2-4,8H2,1H3,(H,9,10)(H,11,12). The number of nitrogens with two attached hydrogens (primary N) is 1. The molecule has 1 amide bonds. The van der Waals surface area contributed by atoms with Crippen molar-refractivity contribution >= 4 is 11.9 Å². The number of amides is 1. The topological polar surface area (TPSA) is 102 Å². The molecule has 0 aromatic rings. The summed E-state index contributed by atoms with van der Waals surface area (Å²) in [5.41, 5.74) is 5.12. The monoisotopic (exact) mass is 190 g/mol. The molecule has 4 N–H and O–H groups in total. The summed E-state index contributed by atoms with van der Waals surface area (Å²) in [7, 11) is 1.27. The van der Waals surface area contributed by atoms with E-state index >= 15 is 0 Å². The van der Waals surface area contributed by atoms with E-state index in [1.165, 1.54) is 7.11 Å². The summed E-state index contributed by atoms with van der Waals surface area (Å²) in [5, 5.41) is 10.9. The summed E-state index contributed by atoms with van der Waals surface area (Å²) in [6.07, 6.45) is -0.808. The van der Waals surface area contributed by atoms with Gasteiger partial charge in [-0.15, -0.1) is 0 Å². The van der Waals surface area contributed by atoms with Gasteiger partial charge in [0.1, 0.15) is 0 Å². The van der Waals surface area contributed by atoms with Crippen LogP contribution in [0.3, 0.4) is 0 Å². The van der Waals surface area contributed by atoms with Crippen LogP contribution in [0.2, 0.25) is 0 Å². The van der Waals surface area contributed by atoms with Crippen molar-refractivity contribution in [2.24, 2.45) is 5.73 Å². The largest absolute Gasteiger partial charge is 0.479 e. The van der Waals surface area contributed by atoms with Gasteiger partial charge in [0.25, 0.3) is 0 Å². The molecule has 0 rings (SSSR count). The zero-order valence-electron chi connectivity index (χ0n) is 7.45. The quantitative estimate of drug-likeness (QED) is 0.475. The van der Waals surface area contributed by atoms with Crippen LogP contribution in [0.5, 0.6) is 0 Å². The maximum absolute atomic E-state index is 10.8. The van der Waals surface area contributed by atoms with Gasteiger partial charge in [-0.1, -0.05) is 0 Å². The number of carbonyl (C=O) groups excluding carboxylic acids is 1. The van der Waals surface area contributed by atoms with Gasteiger partial charge in [-0.2, -0.15) is 0 Å². The highest BCUT2D eigenvalue weighted by molar-refractivity contribution is 5.78. The lowest BCUT2D eigenvalue weighted by molar-refractivity contribution is -0.148. The molecule has 0 aliphatic carbocycles. The van der Waals surface area contributed by atoms with Crippen molar-refractivity contribution in [3.8, 4) is 0 Å². The molecule has 6 nitrogen and oxygen atoms in total. The Morgan fingerprint density at radius 1 is 1.62 bits per heavy atom. The molecular formula is C7H14N2O4. The molecule has 0 aliphatic heterocycles. The first-order chi connectivity index (χ1) is 6.11. The minimum absolute atomic E-state index is 0.0370. The first kappa shape index (κ1) is 11.9. The van der Waals surface area contributed by atoms with Gasteiger partial charge in [0.15, 0.2) is 6.10 Å². The Morgan fingerprint density at radius 2 is 2.23 bits per heavy atom. The fourth-order valence-electron chi connectivity index (χ4n) is 0.697. The molecule has 76 valence electrons. The molecule has 0 bridgehead atoms. The fourth-order valence-corrected chi connectivity index (χ4v) is 0.697. The number of ether oxygens (including phenoxy) is 1. The Morgan fingerprint density at radius 3 is 2.62 bits per heavy atom. The minimum atomic E-state index is -1.10. The molecule has 0 saturated carbocycles. The van der Waals surface area contributed by atoms with Crippen molar-refractivity contribution in [1.29, 1.82) is 0 Å². The van der Waals surface area contributed by atoms with Gasteiger partial charge in [-0.05, 0) is 0 Å². The second-order valence-corrected chi connectivity index (χ2v) is 2.41. The van der Waals surface area contributed by atoms with E-state index in [2.05, 4.69) is 10.1 Å². The molecule has 0 aromatic carbocycles. The van der Waals surface area contributed by atoms with E-state index in [9.17, 15) is 9.59 Å². The van der Waals surface area contributed by atoms with E-state index in [4.69, 9.17) is 10.8 Å². The lowest BCUT2D eigenvalue weighted by Gasteiger charge is -2.10. The molecule has 6 heteroatoms. The highest BCUT2D eigenvalue weighted by atomic mass is 16.5. The summed E-state index contributed by atoms with van der Waals surface area (Å²) in [6, 6.07) is 0. The number of hydrogen-bond acceptors (Lipinski definition) is 4. The summed E-state index contributed by atoms with van der Waals surface area (Å²) in [6.45, 7) is 0.210. The van der Waals surface area contributed by atoms with E-state index < -0.39 is 12.1 Å². The van der Waals surface area contributed by atoms with Gasteiger partial charge in [0, 0.05) is 20.1 Å². The molecule has 0 saturated heterocycles. The van der Waals surface area contributed by atoms with Crippen molar-refractivity contribution in [2.45, 2.75) is 12.5 Å². The Hall–Kier alpha value is -1.14. The Kier molecular flexibility index (Phi) is 5.82. The molecule has 0 spiro atoms. The van der Waals surface area contributed by atoms with Crippen LogP contribution in [0.4, 0.5) is 0 Å². The van der Waals surface area contributed by atoms with Crippen LogP contribution in [0.15, 0.2) is 0 Å². The molecular weight excluding hydrogens is 176 g/mol. The van der Waals surface area contributed by atoms with Crippen molar-refractivity contribution in [3.05, 3.63) is 0 Å². The van der Waals surface area contributed by atoms with E-state index in [1.54, 1.807) is 0 Å². The molecule has 13 heavy (non-hydrogen) atoms. The predicted molar refractivity (Wildman–Crippen MR) is 45.1 cm³/mol. The lowest BCUT2D eigenvalue weighted by atomic mass is 10.3. The zero-order valence-corrected chi connectivity index (χ0v) is 7.45. The average Bonchev–Trinajstić information content (AvgIpc) is 2.05. The number of nitrogens with one attached hydrogen (secondary N) is 1. The zero-order chi connectivity index (χ0) is 10.3. The molecule has 0 heterocycles. The highest BCUT2D eigenvalue weighted by Crippen LogP contribution is 1.88. The van der Waals surface area contributed by atoms with Crippen LogP contribution in [-0.2, 0) is 14.3 Å². The molecule has 1 unspecified atom stereocenters. The number of carboxylic acids is 1. The van der Waals surface area contributed by atoms with Crippen LogP contribution in [0.25, 0.3) is 0 Å². The van der Waals surface area contributed by atoms with Gasteiger partial charge in [-0.3, -0.25) is 4.79 Å². The van der Waals surface area contributed by atoms with Crippen molar-refractivity contribution < 1.29 is 19.4 Å². The highest BCUT2D eigenvalue weighted by Gasteiger charge is 2.16. The number of hydrogen-bond donors (Lipinski definition) is 3. The normalized spacial score (nSPS) is 12.2. The maximum Gasteiger partial charge on any atom is 0.334 e. The van der Waals surface area contributed by atoms with Crippen molar-refractivity contribution in [2.75, 3.05) is 20.2 Å². The smallest absolute Gasteiger partial charge is 0.334 e. The summed E-state index contributed by atoms with van der Waals surface area (Å²) in [5.74, 6) is -1.37. The first-order valence-electron chi connectivity index (χ1n) is 3.84. The molecule has 0 radical (unpaired) electrons. The molecule has 0 fully saturated rings. The molecule has 0 aliphatic rings. The van der Waals surface area contributed by atoms with Crippen LogP contribution < -0.4 is 11.1 Å². The number of methoxy groups -OCH3 is 1. The number of carboxylic acid groups (broad SMARTS) is 1. The van der Waals surface area contributed by atoms with Crippen LogP contribution in [0, 0.1) is 0 Å². The van der Waals surface area contributed by atoms with E-state index in [-0.39, 0.29) is 25.4 Å². The van der Waals surface area contributed by atoms with Gasteiger partial charge in [0.2, 0.25) is 5.91 Å². The average molecular weight is 190 g/mol. The second-order valence-electron chi connectivity index (χ2n) is 2.41. The van der Waals surface area contributed by atoms with Gasteiger partial charge >= 0.3 is 5.97 Å². The van der Waals surface area contributed by atoms with Crippen LogP contribution in [0.1, 0.15) is 6.42 Å². The minimum Gasteiger partial charge on any atom is -0.479 e. The number of aliphatic carboxylic acids is 1. The Labute approximate surface area is 76.0 Å². The van der Waals surface area contributed by atoms with E-state index in [0.717, 1.165) is 0 Å². The Balaban J connectivity index is 3.72. The summed E-state index contributed by atoms with van der Waals surface area (Å²) >= 11 is 0. The van der Waals surface area contributed by atoms with Gasteiger partial charge < -0.3 is 20.9 Å². The maximum atomic E-state index is 10.8. The van der Waals surface area contributed by atoms with E-state index in [1.807, 2.05) is 0 Å². The van der Waals surface area contributed by atoms with Crippen LogP contribution >= 0.6 is 0 Å². The molecule has 0 aromatic heterocycles. The number of rotatable bonds is 6. The van der Waals surface area contributed by atoms with E-state index in [0.29, 0.717) is 0 Å². The number of carbonyl (C=O) groups is 2. The van der Waals surface area contributed by atoms with Crippen molar-refractivity contribution in [1.82, 2.24) is 5.32 Å². The van der Waals surface area contributed by atoms with Gasteiger partial charge in [-0.25, -0.2) is 4.79 Å². The van der Waals surface area contributed by atoms with Gasteiger partial charge in [0.05, 0.1) is 6.54 Å². The van der Waals surface area contributed by atoms with Crippen LogP contribution in [-0.4, -0.2) is 43.3 Å². The Bertz CT molecular complexity index is 183. The molecule has 1 atom stereocenters. The lowest BCUT2D eigenvalue weighted by Crippen LogP contribution is -2.38. The first-order valence-corrected chi connectivity index (χ1v) is 3.84. The SMILES string of the molecule is COC(CNC(=O)CCN)C(=O)O. The third-order valence-corrected chi connectivity index (χ3v) is 1.42. The summed E-state index contributed by atoms with van der Waals surface area (Å²) in [4.78, 5) is 21.2. The van der Waals surface area contributed by atoms with Crippen molar-refractivity contribution in [3.63, 3.8) is 0 Å². The third-order valence-electron chi connectivity index (χ3n) is 1.42. The summed E-state index contributed by atoms with van der Waals surface area (Å²) < 4.78 is 4.59. The fraction of sp³-hybridized carbons (Fsp3) is 0.714. The second kappa shape index (κ2) is 6.38.